The maximum absolute atomic E-state index is 11.3. The third kappa shape index (κ3) is 5.74. The Hall–Kier alpha value is -0.620. The van der Waals surface area contributed by atoms with Crippen molar-refractivity contribution in [3.63, 3.8) is 0 Å². The number of likely N-dealkylation sites (N-methyl/N-ethyl adjacent to an activating group) is 2. The quantitative estimate of drug-likeness (QED) is 0.523. The molecule has 0 bridgehead atoms. The van der Waals surface area contributed by atoms with Crippen LogP contribution in [0.5, 0.6) is 0 Å². The molecule has 1 unspecified atom stereocenters. The fourth-order valence-corrected chi connectivity index (χ4v) is 1.59. The Morgan fingerprint density at radius 2 is 1.87 bits per heavy atom. The molecule has 0 aromatic heterocycles. The number of esters is 1. The Labute approximate surface area is 98.5 Å². The summed E-state index contributed by atoms with van der Waals surface area (Å²) in [6, 6.07) is 0. The Kier molecular flexibility index (Phi) is 6.51. The molecule has 0 heterocycles. The van der Waals surface area contributed by atoms with Gasteiger partial charge in [-0.15, -0.1) is 0 Å². The maximum atomic E-state index is 11.3. The van der Waals surface area contributed by atoms with Crippen LogP contribution in [0, 0.1) is 0 Å². The molecule has 0 saturated heterocycles. The summed E-state index contributed by atoms with van der Waals surface area (Å²) in [5.74, 6) is -0.332. The van der Waals surface area contributed by atoms with E-state index in [-0.39, 0.29) is 18.4 Å². The monoisotopic (exact) mass is 280 g/mol. The molecule has 88 valence electrons. The number of nitrogens with zero attached hydrogens (tertiary/aromatic N) is 2. The van der Waals surface area contributed by atoms with Gasteiger partial charge in [-0.2, -0.15) is 0 Å². The minimum absolute atomic E-state index is 0.00191. The lowest BCUT2D eigenvalue weighted by Crippen LogP contribution is -2.38. The van der Waals surface area contributed by atoms with Crippen LogP contribution in [0.3, 0.4) is 0 Å². The van der Waals surface area contributed by atoms with Crippen molar-refractivity contribution in [2.45, 2.75) is 4.83 Å². The van der Waals surface area contributed by atoms with Gasteiger partial charge in [-0.1, -0.05) is 15.9 Å². The van der Waals surface area contributed by atoms with E-state index in [0.717, 1.165) is 0 Å². The third-order valence-electron chi connectivity index (χ3n) is 1.83. The number of methoxy groups -OCH3 is 1. The van der Waals surface area contributed by atoms with Crippen molar-refractivity contribution in [1.82, 2.24) is 9.80 Å². The molecule has 0 spiro atoms. The molecule has 0 aromatic carbocycles. The summed E-state index contributed by atoms with van der Waals surface area (Å²) in [6.07, 6.45) is 0. The van der Waals surface area contributed by atoms with Gasteiger partial charge in [0.15, 0.2) is 0 Å². The zero-order valence-corrected chi connectivity index (χ0v) is 11.1. The first-order valence-electron chi connectivity index (χ1n) is 4.49. The summed E-state index contributed by atoms with van der Waals surface area (Å²) in [7, 11) is 6.50. The lowest BCUT2D eigenvalue weighted by atomic mass is 10.4. The van der Waals surface area contributed by atoms with E-state index in [1.54, 1.807) is 26.0 Å². The molecule has 6 heteroatoms. The molecule has 1 atom stereocenters. The number of carbonyl (C=O) groups excluding carboxylic acids is 2. The van der Waals surface area contributed by atoms with Crippen LogP contribution >= 0.6 is 15.9 Å². The van der Waals surface area contributed by atoms with Crippen molar-refractivity contribution in [3.05, 3.63) is 0 Å². The minimum atomic E-state index is -0.400. The van der Waals surface area contributed by atoms with Crippen molar-refractivity contribution in [2.24, 2.45) is 0 Å². The Balaban J connectivity index is 3.98. The second-order valence-electron chi connectivity index (χ2n) is 3.48. The van der Waals surface area contributed by atoms with Crippen LogP contribution in [-0.2, 0) is 14.3 Å². The van der Waals surface area contributed by atoms with Gasteiger partial charge >= 0.3 is 5.97 Å². The molecule has 0 aliphatic carbocycles. The smallest absolute Gasteiger partial charge is 0.320 e. The molecule has 1 amide bonds. The fourth-order valence-electron chi connectivity index (χ4n) is 0.913. The Morgan fingerprint density at radius 1 is 1.33 bits per heavy atom. The number of hydrogen-bond donors (Lipinski definition) is 0. The van der Waals surface area contributed by atoms with Gasteiger partial charge in [-0.05, 0) is 7.05 Å². The van der Waals surface area contributed by atoms with Gasteiger partial charge < -0.3 is 9.64 Å². The van der Waals surface area contributed by atoms with E-state index in [1.165, 1.54) is 12.0 Å². The summed E-state index contributed by atoms with van der Waals surface area (Å²) in [6.45, 7) is 0.721. The number of halogens is 1. The Bertz CT molecular complexity index is 233. The first-order chi connectivity index (χ1) is 6.88. The van der Waals surface area contributed by atoms with Crippen LogP contribution in [0.1, 0.15) is 0 Å². The fraction of sp³-hybridized carbons (Fsp3) is 0.778. The molecule has 0 radical (unpaired) electrons. The van der Waals surface area contributed by atoms with Crippen LogP contribution in [0.25, 0.3) is 0 Å². The normalized spacial score (nSPS) is 12.4. The van der Waals surface area contributed by atoms with E-state index in [2.05, 4.69) is 20.7 Å². The van der Waals surface area contributed by atoms with Gasteiger partial charge in [-0.25, -0.2) is 0 Å². The van der Waals surface area contributed by atoms with Crippen LogP contribution in [0.15, 0.2) is 0 Å². The zero-order valence-electron chi connectivity index (χ0n) is 9.49. The molecule has 5 nitrogen and oxygen atoms in total. The highest BCUT2D eigenvalue weighted by Crippen LogP contribution is 2.03. The highest BCUT2D eigenvalue weighted by molar-refractivity contribution is 9.10. The number of carbonyl (C=O) groups is 2. The average Bonchev–Trinajstić information content (AvgIpc) is 2.15. The van der Waals surface area contributed by atoms with Crippen molar-refractivity contribution < 1.29 is 14.3 Å². The zero-order chi connectivity index (χ0) is 12.0. The summed E-state index contributed by atoms with van der Waals surface area (Å²) in [5.41, 5.74) is 0. The molecule has 0 aromatic rings. The van der Waals surface area contributed by atoms with Crippen molar-refractivity contribution in [3.8, 4) is 0 Å². The maximum Gasteiger partial charge on any atom is 0.320 e. The molecule has 0 rings (SSSR count). The summed E-state index contributed by atoms with van der Waals surface area (Å²) in [4.78, 5) is 25.3. The van der Waals surface area contributed by atoms with E-state index in [4.69, 9.17) is 0 Å². The second-order valence-corrected chi connectivity index (χ2v) is 4.58. The third-order valence-corrected chi connectivity index (χ3v) is 2.50. The number of hydrogen-bond acceptors (Lipinski definition) is 4. The number of alkyl halides is 1. The highest BCUT2D eigenvalue weighted by atomic mass is 79.9. The van der Waals surface area contributed by atoms with Crippen LogP contribution < -0.4 is 0 Å². The van der Waals surface area contributed by atoms with Gasteiger partial charge in [0.25, 0.3) is 0 Å². The van der Waals surface area contributed by atoms with Gasteiger partial charge in [0.05, 0.1) is 13.7 Å². The van der Waals surface area contributed by atoms with Gasteiger partial charge in [0.1, 0.15) is 4.83 Å². The SMILES string of the molecule is COC(=O)C(Br)CN(C)CC(=O)N(C)C. The van der Waals surface area contributed by atoms with Gasteiger partial charge in [-0.3, -0.25) is 14.5 Å². The van der Waals surface area contributed by atoms with Crippen LogP contribution in [0.2, 0.25) is 0 Å². The van der Waals surface area contributed by atoms with E-state index < -0.39 is 4.83 Å². The van der Waals surface area contributed by atoms with Crippen LogP contribution in [0.4, 0.5) is 0 Å². The standard InChI is InChI=1S/C9H17BrN2O3/c1-11(2)8(13)6-12(3)5-7(10)9(14)15-4/h7H,5-6H2,1-4H3. The van der Waals surface area contributed by atoms with Crippen molar-refractivity contribution in [2.75, 3.05) is 41.3 Å². The summed E-state index contributed by atoms with van der Waals surface area (Å²) in [5, 5.41) is 0. The first-order valence-corrected chi connectivity index (χ1v) is 5.40. The molecule has 0 saturated carbocycles. The average molecular weight is 281 g/mol. The largest absolute Gasteiger partial charge is 0.468 e. The Morgan fingerprint density at radius 3 is 2.27 bits per heavy atom. The number of rotatable bonds is 5. The predicted octanol–water partition coefficient (Wildman–Crippen LogP) is -0.0571. The predicted molar refractivity (Wildman–Crippen MR) is 60.9 cm³/mol. The molecule has 0 aliphatic heterocycles. The van der Waals surface area contributed by atoms with Crippen molar-refractivity contribution in [1.29, 1.82) is 0 Å². The summed E-state index contributed by atoms with van der Waals surface area (Å²) < 4.78 is 4.56. The molecular formula is C9H17BrN2O3. The number of ether oxygens (including phenoxy) is 1. The van der Waals surface area contributed by atoms with E-state index in [0.29, 0.717) is 6.54 Å². The highest BCUT2D eigenvalue weighted by Gasteiger charge is 2.18. The molecule has 0 fully saturated rings. The van der Waals surface area contributed by atoms with Gasteiger partial charge in [0.2, 0.25) is 5.91 Å². The lowest BCUT2D eigenvalue weighted by Gasteiger charge is -2.20. The van der Waals surface area contributed by atoms with Gasteiger partial charge in [0, 0.05) is 20.6 Å². The molecular weight excluding hydrogens is 264 g/mol. The van der Waals surface area contributed by atoms with E-state index in [9.17, 15) is 9.59 Å². The molecule has 0 N–H and O–H groups in total. The first kappa shape index (κ1) is 14.4. The summed E-state index contributed by atoms with van der Waals surface area (Å²) >= 11 is 3.19. The van der Waals surface area contributed by atoms with E-state index in [1.807, 2.05) is 0 Å². The van der Waals surface area contributed by atoms with E-state index >= 15 is 0 Å². The lowest BCUT2D eigenvalue weighted by molar-refractivity contribution is -0.140. The van der Waals surface area contributed by atoms with Crippen LogP contribution in [-0.4, -0.2) is 67.8 Å². The molecule has 15 heavy (non-hydrogen) atoms. The molecule has 0 aliphatic rings. The van der Waals surface area contributed by atoms with Crippen molar-refractivity contribution >= 4 is 27.8 Å². The second kappa shape index (κ2) is 6.79. The number of amides is 1. The topological polar surface area (TPSA) is 49.9 Å². The minimum Gasteiger partial charge on any atom is -0.468 e.